The molecule has 1 aromatic heterocycles. The summed E-state index contributed by atoms with van der Waals surface area (Å²) in [4.78, 5) is 41.9. The number of hydrogen-bond acceptors (Lipinski definition) is 4. The summed E-state index contributed by atoms with van der Waals surface area (Å²) in [5.41, 5.74) is 1.13. The van der Waals surface area contributed by atoms with Crippen LogP contribution in [0.4, 0.5) is 0 Å². The van der Waals surface area contributed by atoms with E-state index in [-0.39, 0.29) is 24.3 Å². The van der Waals surface area contributed by atoms with Gasteiger partial charge in [-0.05, 0) is 24.1 Å². The molecule has 1 aliphatic rings. The average molecular weight is 383 g/mol. The highest BCUT2D eigenvalue weighted by atomic mass is 16.3. The predicted molar refractivity (Wildman–Crippen MR) is 104 cm³/mol. The topological polar surface area (TPSA) is 74.1 Å². The van der Waals surface area contributed by atoms with Crippen LogP contribution in [0.1, 0.15) is 23.0 Å². The SMILES string of the molecule is CC(=O)N(CCc1ccccc1)CC(=O)N1CCN(C(=O)c2ccco2)CC1. The maximum Gasteiger partial charge on any atom is 0.289 e. The third kappa shape index (κ3) is 5.00. The Kier molecular flexibility index (Phi) is 6.47. The van der Waals surface area contributed by atoms with E-state index < -0.39 is 0 Å². The second-order valence-corrected chi connectivity index (χ2v) is 6.83. The lowest BCUT2D eigenvalue weighted by Gasteiger charge is -2.35. The summed E-state index contributed by atoms with van der Waals surface area (Å²) >= 11 is 0. The molecule has 3 rings (SSSR count). The van der Waals surface area contributed by atoms with Gasteiger partial charge in [0.1, 0.15) is 0 Å². The quantitative estimate of drug-likeness (QED) is 0.760. The monoisotopic (exact) mass is 383 g/mol. The standard InChI is InChI=1S/C21H25N3O4/c1-17(25)24(10-9-18-6-3-2-4-7-18)16-20(26)22-11-13-23(14-12-22)21(27)19-8-5-15-28-19/h2-8,15H,9-14,16H2,1H3. The Morgan fingerprint density at radius 1 is 0.964 bits per heavy atom. The van der Waals surface area contributed by atoms with E-state index in [1.807, 2.05) is 30.3 Å². The van der Waals surface area contributed by atoms with Crippen LogP contribution in [0, 0.1) is 0 Å². The lowest BCUT2D eigenvalue weighted by Crippen LogP contribution is -2.53. The summed E-state index contributed by atoms with van der Waals surface area (Å²) < 4.78 is 5.15. The maximum atomic E-state index is 12.6. The molecular formula is C21H25N3O4. The zero-order valence-corrected chi connectivity index (χ0v) is 16.0. The first-order valence-electron chi connectivity index (χ1n) is 9.44. The summed E-state index contributed by atoms with van der Waals surface area (Å²) in [5, 5.41) is 0. The molecule has 7 heteroatoms. The average Bonchev–Trinajstić information content (AvgIpc) is 3.26. The summed E-state index contributed by atoms with van der Waals surface area (Å²) in [7, 11) is 0. The normalized spacial score (nSPS) is 14.0. The largest absolute Gasteiger partial charge is 0.459 e. The van der Waals surface area contributed by atoms with Gasteiger partial charge in [-0.15, -0.1) is 0 Å². The number of hydrogen-bond donors (Lipinski definition) is 0. The Labute approximate surface area is 164 Å². The van der Waals surface area contributed by atoms with Crippen LogP contribution in [0.15, 0.2) is 53.1 Å². The molecule has 28 heavy (non-hydrogen) atoms. The number of carbonyl (C=O) groups is 3. The van der Waals surface area contributed by atoms with Gasteiger partial charge in [0, 0.05) is 39.6 Å². The van der Waals surface area contributed by atoms with Gasteiger partial charge in [0.2, 0.25) is 11.8 Å². The highest BCUT2D eigenvalue weighted by Gasteiger charge is 2.27. The molecule has 3 amide bonds. The number of rotatable bonds is 6. The van der Waals surface area contributed by atoms with Crippen LogP contribution >= 0.6 is 0 Å². The number of carbonyl (C=O) groups excluding carboxylic acids is 3. The van der Waals surface area contributed by atoms with Crippen LogP contribution < -0.4 is 0 Å². The maximum absolute atomic E-state index is 12.6. The second-order valence-electron chi connectivity index (χ2n) is 6.83. The van der Waals surface area contributed by atoms with Crippen molar-refractivity contribution < 1.29 is 18.8 Å². The Morgan fingerprint density at radius 2 is 1.64 bits per heavy atom. The molecule has 0 atom stereocenters. The van der Waals surface area contributed by atoms with E-state index in [0.717, 1.165) is 5.56 Å². The Balaban J connectivity index is 1.49. The lowest BCUT2D eigenvalue weighted by atomic mass is 10.1. The van der Waals surface area contributed by atoms with E-state index in [2.05, 4.69) is 0 Å². The van der Waals surface area contributed by atoms with Gasteiger partial charge < -0.3 is 19.1 Å². The molecular weight excluding hydrogens is 358 g/mol. The Bertz CT molecular complexity index is 796. The van der Waals surface area contributed by atoms with Crippen LogP contribution in [-0.2, 0) is 16.0 Å². The Morgan fingerprint density at radius 3 is 2.25 bits per heavy atom. The minimum absolute atomic E-state index is 0.0638. The highest BCUT2D eigenvalue weighted by molar-refractivity contribution is 5.91. The fraction of sp³-hybridized carbons (Fsp3) is 0.381. The molecule has 2 heterocycles. The van der Waals surface area contributed by atoms with Crippen molar-refractivity contribution in [1.82, 2.24) is 14.7 Å². The third-order valence-electron chi connectivity index (χ3n) is 4.94. The lowest BCUT2D eigenvalue weighted by molar-refractivity contribution is -0.140. The zero-order chi connectivity index (χ0) is 19.9. The molecule has 1 fully saturated rings. The van der Waals surface area contributed by atoms with E-state index in [1.54, 1.807) is 26.8 Å². The van der Waals surface area contributed by atoms with Crippen LogP contribution in [0.25, 0.3) is 0 Å². The van der Waals surface area contributed by atoms with Crippen LogP contribution in [0.5, 0.6) is 0 Å². The van der Waals surface area contributed by atoms with Crippen molar-refractivity contribution in [3.8, 4) is 0 Å². The van der Waals surface area contributed by atoms with Crippen molar-refractivity contribution in [1.29, 1.82) is 0 Å². The van der Waals surface area contributed by atoms with Crippen molar-refractivity contribution in [3.63, 3.8) is 0 Å². The predicted octanol–water partition coefficient (Wildman–Crippen LogP) is 1.66. The molecule has 0 aliphatic carbocycles. The van der Waals surface area contributed by atoms with Gasteiger partial charge in [-0.1, -0.05) is 30.3 Å². The third-order valence-corrected chi connectivity index (χ3v) is 4.94. The minimum atomic E-state index is -0.162. The van der Waals surface area contributed by atoms with E-state index in [9.17, 15) is 14.4 Å². The molecule has 1 saturated heterocycles. The van der Waals surface area contributed by atoms with Gasteiger partial charge in [0.05, 0.1) is 12.8 Å². The van der Waals surface area contributed by atoms with Gasteiger partial charge in [0.15, 0.2) is 5.76 Å². The summed E-state index contributed by atoms with van der Waals surface area (Å²) in [6, 6.07) is 13.2. The van der Waals surface area contributed by atoms with E-state index in [4.69, 9.17) is 4.42 Å². The van der Waals surface area contributed by atoms with Crippen molar-refractivity contribution in [2.75, 3.05) is 39.3 Å². The van der Waals surface area contributed by atoms with Crippen LogP contribution in [0.3, 0.4) is 0 Å². The van der Waals surface area contributed by atoms with Crippen molar-refractivity contribution in [2.45, 2.75) is 13.3 Å². The van der Waals surface area contributed by atoms with Gasteiger partial charge in [-0.3, -0.25) is 14.4 Å². The summed E-state index contributed by atoms with van der Waals surface area (Å²) in [6.45, 7) is 3.87. The van der Waals surface area contributed by atoms with Crippen LogP contribution in [0.2, 0.25) is 0 Å². The van der Waals surface area contributed by atoms with Gasteiger partial charge in [-0.2, -0.15) is 0 Å². The first-order chi connectivity index (χ1) is 13.5. The van der Waals surface area contributed by atoms with E-state index >= 15 is 0 Å². The minimum Gasteiger partial charge on any atom is -0.459 e. The zero-order valence-electron chi connectivity index (χ0n) is 16.0. The smallest absolute Gasteiger partial charge is 0.289 e. The first kappa shape index (κ1) is 19.7. The van der Waals surface area contributed by atoms with Gasteiger partial charge >= 0.3 is 0 Å². The number of benzene rings is 1. The fourth-order valence-corrected chi connectivity index (χ4v) is 3.23. The van der Waals surface area contributed by atoms with E-state index in [1.165, 1.54) is 13.2 Å². The molecule has 0 unspecified atom stereocenters. The van der Waals surface area contributed by atoms with Crippen LogP contribution in [-0.4, -0.2) is 71.7 Å². The number of furan rings is 1. The molecule has 0 spiro atoms. The van der Waals surface area contributed by atoms with Crippen molar-refractivity contribution >= 4 is 17.7 Å². The number of piperazine rings is 1. The molecule has 1 aliphatic heterocycles. The summed E-state index contributed by atoms with van der Waals surface area (Å²) in [5.74, 6) is -0.0574. The number of nitrogens with zero attached hydrogens (tertiary/aromatic N) is 3. The molecule has 0 saturated carbocycles. The summed E-state index contributed by atoms with van der Waals surface area (Å²) in [6.07, 6.45) is 2.18. The van der Waals surface area contributed by atoms with Crippen molar-refractivity contribution in [2.24, 2.45) is 0 Å². The highest BCUT2D eigenvalue weighted by Crippen LogP contribution is 2.10. The molecule has 2 aromatic rings. The molecule has 148 valence electrons. The molecule has 0 N–H and O–H groups in total. The van der Waals surface area contributed by atoms with Crippen molar-refractivity contribution in [3.05, 3.63) is 60.1 Å². The second kappa shape index (κ2) is 9.21. The van der Waals surface area contributed by atoms with Gasteiger partial charge in [0.25, 0.3) is 5.91 Å². The number of amides is 3. The first-order valence-corrected chi connectivity index (χ1v) is 9.44. The molecule has 0 radical (unpaired) electrons. The van der Waals surface area contributed by atoms with E-state index in [0.29, 0.717) is 44.9 Å². The molecule has 1 aromatic carbocycles. The Hall–Kier alpha value is -3.09. The molecule has 7 nitrogen and oxygen atoms in total. The fourth-order valence-electron chi connectivity index (χ4n) is 3.23. The van der Waals surface area contributed by atoms with Gasteiger partial charge in [-0.25, -0.2) is 0 Å². The molecule has 0 bridgehead atoms.